The summed E-state index contributed by atoms with van der Waals surface area (Å²) in [7, 11) is 0. The lowest BCUT2D eigenvalue weighted by atomic mass is 10.1. The third-order valence-corrected chi connectivity index (χ3v) is 2.53. The molecule has 0 heterocycles. The molecule has 6 heteroatoms. The molecule has 0 radical (unpaired) electrons. The summed E-state index contributed by atoms with van der Waals surface area (Å²) in [6, 6.07) is 5.57. The van der Waals surface area contributed by atoms with E-state index in [9.17, 15) is 17.6 Å². The second-order valence-corrected chi connectivity index (χ2v) is 4.08. The van der Waals surface area contributed by atoms with E-state index >= 15 is 0 Å². The van der Waals surface area contributed by atoms with E-state index in [4.69, 9.17) is 4.74 Å². The van der Waals surface area contributed by atoms with E-state index in [0.29, 0.717) is 18.7 Å². The highest BCUT2D eigenvalue weighted by Gasteiger charge is 2.27. The Kier molecular flexibility index (Phi) is 6.24. The molecule has 0 saturated carbocycles. The maximum atomic E-state index is 12.8. The van der Waals surface area contributed by atoms with Crippen LogP contribution in [-0.2, 0) is 4.74 Å². The number of alkyl halides is 3. The standard InChI is InChI=1S/C13H17F4NO/c1-2-18-9-12(19-8-7-13(15,16)17)10-3-5-11(14)6-4-10/h3-6,12,18H,2,7-9H2,1H3. The van der Waals surface area contributed by atoms with Crippen LogP contribution in [0.3, 0.4) is 0 Å². The Balaban J connectivity index is 2.58. The van der Waals surface area contributed by atoms with Gasteiger partial charge in [-0.2, -0.15) is 13.2 Å². The molecule has 0 fully saturated rings. The number of nitrogens with one attached hydrogen (secondary N) is 1. The minimum absolute atomic E-state index is 0.388. The van der Waals surface area contributed by atoms with Crippen LogP contribution in [0.4, 0.5) is 17.6 Å². The highest BCUT2D eigenvalue weighted by molar-refractivity contribution is 5.19. The van der Waals surface area contributed by atoms with Crippen LogP contribution in [-0.4, -0.2) is 25.9 Å². The van der Waals surface area contributed by atoms with Gasteiger partial charge in [-0.3, -0.25) is 0 Å². The molecule has 0 bridgehead atoms. The van der Waals surface area contributed by atoms with Gasteiger partial charge in [-0.25, -0.2) is 4.39 Å². The van der Waals surface area contributed by atoms with Crippen molar-refractivity contribution in [3.63, 3.8) is 0 Å². The van der Waals surface area contributed by atoms with Crippen molar-refractivity contribution in [3.8, 4) is 0 Å². The van der Waals surface area contributed by atoms with E-state index in [2.05, 4.69) is 5.32 Å². The first-order chi connectivity index (χ1) is 8.92. The molecule has 1 aromatic carbocycles. The number of likely N-dealkylation sites (N-methyl/N-ethyl adjacent to an activating group) is 1. The molecule has 0 amide bonds. The molecule has 0 aromatic heterocycles. The zero-order valence-corrected chi connectivity index (χ0v) is 10.6. The summed E-state index contributed by atoms with van der Waals surface area (Å²) in [6.07, 6.45) is -5.73. The van der Waals surface area contributed by atoms with Crippen LogP contribution in [0.1, 0.15) is 25.0 Å². The Labute approximate surface area is 109 Å². The van der Waals surface area contributed by atoms with Crippen LogP contribution < -0.4 is 5.32 Å². The third-order valence-electron chi connectivity index (χ3n) is 2.53. The molecule has 0 aliphatic heterocycles. The zero-order chi connectivity index (χ0) is 14.3. The fourth-order valence-corrected chi connectivity index (χ4v) is 1.54. The molecule has 1 unspecified atom stereocenters. The van der Waals surface area contributed by atoms with Gasteiger partial charge in [0, 0.05) is 6.54 Å². The molecule has 108 valence electrons. The van der Waals surface area contributed by atoms with Crippen molar-refractivity contribution in [1.29, 1.82) is 0 Å². The van der Waals surface area contributed by atoms with Crippen molar-refractivity contribution in [2.45, 2.75) is 25.6 Å². The third kappa shape index (κ3) is 6.54. The van der Waals surface area contributed by atoms with Gasteiger partial charge in [-0.1, -0.05) is 19.1 Å². The average molecular weight is 279 g/mol. The van der Waals surface area contributed by atoms with Crippen molar-refractivity contribution in [3.05, 3.63) is 35.6 Å². The molecule has 19 heavy (non-hydrogen) atoms. The molecule has 0 aliphatic rings. The Bertz CT molecular complexity index is 364. The molecule has 0 aliphatic carbocycles. The lowest BCUT2D eigenvalue weighted by Gasteiger charge is -2.19. The molecular weight excluding hydrogens is 262 g/mol. The number of halogens is 4. The maximum Gasteiger partial charge on any atom is 0.391 e. The van der Waals surface area contributed by atoms with Crippen molar-refractivity contribution < 1.29 is 22.3 Å². The summed E-state index contributed by atoms with van der Waals surface area (Å²) in [5.41, 5.74) is 0.657. The van der Waals surface area contributed by atoms with Crippen LogP contribution in [0.5, 0.6) is 0 Å². The maximum absolute atomic E-state index is 12.8. The summed E-state index contributed by atoms with van der Waals surface area (Å²) in [5.74, 6) is -0.388. The van der Waals surface area contributed by atoms with Crippen LogP contribution in [0.15, 0.2) is 24.3 Å². The quantitative estimate of drug-likeness (QED) is 0.772. The van der Waals surface area contributed by atoms with Gasteiger partial charge in [0.15, 0.2) is 0 Å². The number of rotatable bonds is 7. The first kappa shape index (κ1) is 15.9. The van der Waals surface area contributed by atoms with Gasteiger partial charge in [0.2, 0.25) is 0 Å². The predicted molar refractivity (Wildman–Crippen MR) is 64.3 cm³/mol. The van der Waals surface area contributed by atoms with Crippen LogP contribution in [0.2, 0.25) is 0 Å². The number of hydrogen-bond donors (Lipinski definition) is 1. The fourth-order valence-electron chi connectivity index (χ4n) is 1.54. The highest BCUT2D eigenvalue weighted by atomic mass is 19.4. The molecular formula is C13H17F4NO. The van der Waals surface area contributed by atoms with Gasteiger partial charge in [-0.15, -0.1) is 0 Å². The molecule has 1 aromatic rings. The van der Waals surface area contributed by atoms with Crippen molar-refractivity contribution in [2.24, 2.45) is 0 Å². The predicted octanol–water partition coefficient (Wildman–Crippen LogP) is 3.45. The van der Waals surface area contributed by atoms with Crippen molar-refractivity contribution >= 4 is 0 Å². The summed E-state index contributed by atoms with van der Waals surface area (Å²) < 4.78 is 54.3. The highest BCUT2D eigenvalue weighted by Crippen LogP contribution is 2.22. The van der Waals surface area contributed by atoms with E-state index in [1.807, 2.05) is 6.92 Å². The van der Waals surface area contributed by atoms with Crippen molar-refractivity contribution in [2.75, 3.05) is 19.7 Å². The van der Waals surface area contributed by atoms with Gasteiger partial charge >= 0.3 is 6.18 Å². The topological polar surface area (TPSA) is 21.3 Å². The second-order valence-electron chi connectivity index (χ2n) is 4.08. The van der Waals surface area contributed by atoms with E-state index in [0.717, 1.165) is 0 Å². The summed E-state index contributed by atoms with van der Waals surface area (Å²) >= 11 is 0. The Morgan fingerprint density at radius 1 is 1.21 bits per heavy atom. The monoisotopic (exact) mass is 279 g/mol. The molecule has 2 nitrogen and oxygen atoms in total. The fraction of sp³-hybridized carbons (Fsp3) is 0.538. The molecule has 0 spiro atoms. The number of hydrogen-bond acceptors (Lipinski definition) is 2. The van der Waals surface area contributed by atoms with Crippen LogP contribution in [0, 0.1) is 5.82 Å². The SMILES string of the molecule is CCNCC(OCCC(F)(F)F)c1ccc(F)cc1. The Morgan fingerprint density at radius 3 is 2.37 bits per heavy atom. The second kappa shape index (κ2) is 7.45. The minimum Gasteiger partial charge on any atom is -0.372 e. The lowest BCUT2D eigenvalue weighted by molar-refractivity contribution is -0.149. The van der Waals surface area contributed by atoms with Gasteiger partial charge in [0.1, 0.15) is 5.82 Å². The summed E-state index contributed by atoms with van der Waals surface area (Å²) in [4.78, 5) is 0. The summed E-state index contributed by atoms with van der Waals surface area (Å²) in [5, 5.41) is 3.01. The van der Waals surface area contributed by atoms with E-state index in [1.165, 1.54) is 24.3 Å². The Hall–Kier alpha value is -1.14. The molecule has 1 N–H and O–H groups in total. The first-order valence-electron chi connectivity index (χ1n) is 6.07. The van der Waals surface area contributed by atoms with Crippen molar-refractivity contribution in [1.82, 2.24) is 5.32 Å². The first-order valence-corrected chi connectivity index (χ1v) is 6.07. The van der Waals surface area contributed by atoms with Gasteiger partial charge in [0.25, 0.3) is 0 Å². The Morgan fingerprint density at radius 2 is 1.84 bits per heavy atom. The smallest absolute Gasteiger partial charge is 0.372 e. The van der Waals surface area contributed by atoms with Crippen LogP contribution >= 0.6 is 0 Å². The van der Waals surface area contributed by atoms with Gasteiger partial charge < -0.3 is 10.1 Å². The minimum atomic E-state index is -4.23. The van der Waals surface area contributed by atoms with Gasteiger partial charge in [0.05, 0.1) is 19.1 Å². The lowest BCUT2D eigenvalue weighted by Crippen LogP contribution is -2.24. The molecule has 1 atom stereocenters. The van der Waals surface area contributed by atoms with Gasteiger partial charge in [-0.05, 0) is 24.2 Å². The van der Waals surface area contributed by atoms with E-state index < -0.39 is 25.3 Å². The largest absolute Gasteiger partial charge is 0.391 e. The normalized spacial score (nSPS) is 13.5. The number of ether oxygens (including phenoxy) is 1. The molecule has 0 saturated heterocycles. The van der Waals surface area contributed by atoms with E-state index in [1.54, 1.807) is 0 Å². The zero-order valence-electron chi connectivity index (χ0n) is 10.6. The summed E-state index contributed by atoms with van der Waals surface area (Å²) in [6.45, 7) is 2.55. The van der Waals surface area contributed by atoms with E-state index in [-0.39, 0.29) is 5.82 Å². The average Bonchev–Trinajstić information content (AvgIpc) is 2.33. The molecule has 1 rings (SSSR count). The number of benzene rings is 1. The van der Waals surface area contributed by atoms with Crippen LogP contribution in [0.25, 0.3) is 0 Å².